The Kier molecular flexibility index (Phi) is 1.35. The van der Waals surface area contributed by atoms with Gasteiger partial charge in [-0.05, 0) is 36.7 Å². The number of hydrogen-bond acceptors (Lipinski definition) is 1. The fourth-order valence-electron chi connectivity index (χ4n) is 4.10. The van der Waals surface area contributed by atoms with Gasteiger partial charge in [-0.1, -0.05) is 19.4 Å². The Hall–Kier alpha value is -0.590. The maximum Gasteiger partial charge on any atom is 0.159 e. The van der Waals surface area contributed by atoms with Gasteiger partial charge in [-0.2, -0.15) is 0 Å². The van der Waals surface area contributed by atoms with Crippen molar-refractivity contribution < 1.29 is 4.79 Å². The van der Waals surface area contributed by atoms with Gasteiger partial charge in [0.25, 0.3) is 0 Å². The van der Waals surface area contributed by atoms with Crippen LogP contribution in [0.4, 0.5) is 0 Å². The van der Waals surface area contributed by atoms with Crippen molar-refractivity contribution >= 4 is 5.78 Å². The van der Waals surface area contributed by atoms with Crippen LogP contribution in [0.3, 0.4) is 0 Å². The van der Waals surface area contributed by atoms with Crippen LogP contribution >= 0.6 is 0 Å². The van der Waals surface area contributed by atoms with Crippen molar-refractivity contribution in [3.63, 3.8) is 0 Å². The first-order valence-corrected chi connectivity index (χ1v) is 5.47. The molecule has 1 heteroatoms. The molecule has 3 fully saturated rings. The first-order valence-electron chi connectivity index (χ1n) is 5.47. The maximum absolute atomic E-state index is 11.6. The summed E-state index contributed by atoms with van der Waals surface area (Å²) in [5.41, 5.74) is 1.28. The molecule has 0 aromatic heterocycles. The standard InChI is InChI=1S/C12H16O/c1-8-11(13)7-10-9-3-2-5-12(8,10)6-4-9/h9-10H,1-7H2. The largest absolute Gasteiger partial charge is 0.295 e. The van der Waals surface area contributed by atoms with Crippen LogP contribution in [0.25, 0.3) is 0 Å². The van der Waals surface area contributed by atoms with Crippen LogP contribution in [-0.2, 0) is 4.79 Å². The molecular formula is C12H16O. The molecule has 0 aliphatic heterocycles. The molecule has 0 N–H and O–H groups in total. The van der Waals surface area contributed by atoms with Crippen LogP contribution in [0.5, 0.6) is 0 Å². The molecule has 3 rings (SSSR count). The third-order valence-electron chi connectivity index (χ3n) is 4.78. The van der Waals surface area contributed by atoms with Crippen LogP contribution in [0.2, 0.25) is 0 Å². The third kappa shape index (κ3) is 0.762. The highest BCUT2D eigenvalue weighted by Crippen LogP contribution is 2.63. The predicted octanol–water partition coefficient (Wildman–Crippen LogP) is 2.71. The Balaban J connectivity index is 2.08. The number of hydrogen-bond donors (Lipinski definition) is 0. The lowest BCUT2D eigenvalue weighted by Gasteiger charge is -2.35. The van der Waals surface area contributed by atoms with Crippen LogP contribution in [0.1, 0.15) is 38.5 Å². The predicted molar refractivity (Wildman–Crippen MR) is 51.3 cm³/mol. The lowest BCUT2D eigenvalue weighted by atomic mass is 9.68. The molecule has 3 aliphatic rings. The SMILES string of the molecule is C=C1C(=O)CC2C3CCCC12CC3. The van der Waals surface area contributed by atoms with Crippen LogP contribution < -0.4 is 0 Å². The van der Waals surface area contributed by atoms with E-state index in [4.69, 9.17) is 0 Å². The first-order chi connectivity index (χ1) is 6.24. The van der Waals surface area contributed by atoms with Crippen molar-refractivity contribution in [2.24, 2.45) is 17.3 Å². The molecule has 2 bridgehead atoms. The Morgan fingerprint density at radius 2 is 2.15 bits per heavy atom. The summed E-state index contributed by atoms with van der Waals surface area (Å²) in [6.07, 6.45) is 7.38. The molecule has 0 spiro atoms. The van der Waals surface area contributed by atoms with Gasteiger partial charge < -0.3 is 0 Å². The second-order valence-electron chi connectivity index (χ2n) is 5.06. The molecule has 3 saturated carbocycles. The Morgan fingerprint density at radius 1 is 1.31 bits per heavy atom. The van der Waals surface area contributed by atoms with Gasteiger partial charge in [0.05, 0.1) is 0 Å². The molecule has 0 amide bonds. The lowest BCUT2D eigenvalue weighted by molar-refractivity contribution is -0.115. The Morgan fingerprint density at radius 3 is 2.92 bits per heavy atom. The zero-order chi connectivity index (χ0) is 9.05. The zero-order valence-electron chi connectivity index (χ0n) is 8.01. The molecule has 70 valence electrons. The molecule has 0 radical (unpaired) electrons. The molecule has 1 nitrogen and oxygen atoms in total. The van der Waals surface area contributed by atoms with Gasteiger partial charge in [0.1, 0.15) is 0 Å². The van der Waals surface area contributed by atoms with Gasteiger partial charge in [-0.3, -0.25) is 4.79 Å². The monoisotopic (exact) mass is 176 g/mol. The van der Waals surface area contributed by atoms with Gasteiger partial charge in [0.2, 0.25) is 0 Å². The van der Waals surface area contributed by atoms with Gasteiger partial charge in [0, 0.05) is 11.8 Å². The second kappa shape index (κ2) is 2.26. The van der Waals surface area contributed by atoms with Crippen LogP contribution in [0, 0.1) is 17.3 Å². The van der Waals surface area contributed by atoms with E-state index >= 15 is 0 Å². The minimum absolute atomic E-state index is 0.292. The number of Topliss-reactive ketones (excluding diaryl/α,β-unsaturated/α-hetero) is 1. The molecule has 3 atom stereocenters. The van der Waals surface area contributed by atoms with E-state index in [0.717, 1.165) is 17.9 Å². The molecule has 13 heavy (non-hydrogen) atoms. The van der Waals surface area contributed by atoms with E-state index in [1.165, 1.54) is 32.1 Å². The summed E-state index contributed by atoms with van der Waals surface area (Å²) < 4.78 is 0. The van der Waals surface area contributed by atoms with Crippen molar-refractivity contribution in [3.05, 3.63) is 12.2 Å². The minimum atomic E-state index is 0.292. The maximum atomic E-state index is 11.6. The van der Waals surface area contributed by atoms with Crippen LogP contribution in [0.15, 0.2) is 12.2 Å². The van der Waals surface area contributed by atoms with E-state index in [1.807, 2.05) is 0 Å². The van der Waals surface area contributed by atoms with E-state index in [-0.39, 0.29) is 0 Å². The lowest BCUT2D eigenvalue weighted by Crippen LogP contribution is -2.28. The van der Waals surface area contributed by atoms with E-state index in [9.17, 15) is 4.79 Å². The fraction of sp³-hybridized carbons (Fsp3) is 0.750. The average molecular weight is 176 g/mol. The number of carbonyl (C=O) groups excluding carboxylic acids is 1. The highest BCUT2D eigenvalue weighted by Gasteiger charge is 2.57. The molecule has 3 aliphatic carbocycles. The summed E-state index contributed by atoms with van der Waals surface area (Å²) in [6, 6.07) is 0. The minimum Gasteiger partial charge on any atom is -0.295 e. The normalized spacial score (nSPS) is 48.3. The summed E-state index contributed by atoms with van der Waals surface area (Å²) in [5, 5.41) is 0. The van der Waals surface area contributed by atoms with Gasteiger partial charge in [-0.25, -0.2) is 0 Å². The number of rotatable bonds is 0. The van der Waals surface area contributed by atoms with Crippen molar-refractivity contribution in [2.45, 2.75) is 38.5 Å². The quantitative estimate of drug-likeness (QED) is 0.519. The molecule has 3 unspecified atom stereocenters. The zero-order valence-corrected chi connectivity index (χ0v) is 8.01. The van der Waals surface area contributed by atoms with Crippen molar-refractivity contribution in [2.75, 3.05) is 0 Å². The summed E-state index contributed by atoms with van der Waals surface area (Å²) in [7, 11) is 0. The number of allylic oxidation sites excluding steroid dienone is 1. The van der Waals surface area contributed by atoms with Gasteiger partial charge >= 0.3 is 0 Å². The second-order valence-corrected chi connectivity index (χ2v) is 5.06. The van der Waals surface area contributed by atoms with Gasteiger partial charge in [-0.15, -0.1) is 0 Å². The molecule has 0 saturated heterocycles. The van der Waals surface area contributed by atoms with E-state index < -0.39 is 0 Å². The van der Waals surface area contributed by atoms with E-state index in [1.54, 1.807) is 0 Å². The summed E-state index contributed by atoms with van der Waals surface area (Å²) in [6.45, 7) is 4.04. The first kappa shape index (κ1) is 7.78. The highest BCUT2D eigenvalue weighted by molar-refractivity contribution is 5.99. The number of ketones is 1. The van der Waals surface area contributed by atoms with Crippen molar-refractivity contribution in [1.82, 2.24) is 0 Å². The smallest absolute Gasteiger partial charge is 0.159 e. The topological polar surface area (TPSA) is 17.1 Å². The molecule has 0 heterocycles. The molecule has 0 aromatic carbocycles. The average Bonchev–Trinajstić information content (AvgIpc) is 2.49. The van der Waals surface area contributed by atoms with Crippen LogP contribution in [-0.4, -0.2) is 5.78 Å². The number of carbonyl (C=O) groups is 1. The molecule has 0 aromatic rings. The summed E-state index contributed by atoms with van der Waals surface area (Å²) in [5.74, 6) is 1.93. The van der Waals surface area contributed by atoms with Crippen molar-refractivity contribution in [3.8, 4) is 0 Å². The molecular weight excluding hydrogens is 160 g/mol. The fourth-order valence-corrected chi connectivity index (χ4v) is 4.10. The van der Waals surface area contributed by atoms with Crippen molar-refractivity contribution in [1.29, 1.82) is 0 Å². The Labute approximate surface area is 79.2 Å². The highest BCUT2D eigenvalue weighted by atomic mass is 16.1. The van der Waals surface area contributed by atoms with Gasteiger partial charge in [0.15, 0.2) is 5.78 Å². The third-order valence-corrected chi connectivity index (χ3v) is 4.78. The van der Waals surface area contributed by atoms with E-state index in [2.05, 4.69) is 6.58 Å². The summed E-state index contributed by atoms with van der Waals surface area (Å²) in [4.78, 5) is 11.6. The van der Waals surface area contributed by atoms with E-state index in [0.29, 0.717) is 17.1 Å². The summed E-state index contributed by atoms with van der Waals surface area (Å²) >= 11 is 0. The Bertz CT molecular complexity index is 287.